The summed E-state index contributed by atoms with van der Waals surface area (Å²) in [5.74, 6) is 0.214. The fourth-order valence-electron chi connectivity index (χ4n) is 1.13. The second kappa shape index (κ2) is 4.55. The first-order valence-corrected chi connectivity index (χ1v) is 6.89. The number of hydrogen-bond acceptors (Lipinski definition) is 3. The first kappa shape index (κ1) is 10.3. The highest BCUT2D eigenvalue weighted by atomic mass is 127. The lowest BCUT2D eigenvalue weighted by Gasteiger charge is -1.93. The van der Waals surface area contributed by atoms with Gasteiger partial charge in [0.2, 0.25) is 0 Å². The number of hydrogen-bond donors (Lipinski definition) is 0. The van der Waals surface area contributed by atoms with Gasteiger partial charge in [-0.1, -0.05) is 6.07 Å². The van der Waals surface area contributed by atoms with Gasteiger partial charge in [0.05, 0.1) is 2.88 Å². The molecular weight excluding hydrogens is 327 g/mol. The van der Waals surface area contributed by atoms with Crippen molar-refractivity contribution >= 4 is 51.0 Å². The van der Waals surface area contributed by atoms with E-state index in [1.165, 1.54) is 0 Å². The summed E-state index contributed by atoms with van der Waals surface area (Å²) in [5, 5.41) is 3.93. The molecule has 0 aliphatic heterocycles. The van der Waals surface area contributed by atoms with Crippen LogP contribution in [0.15, 0.2) is 29.0 Å². The largest absolute Gasteiger partial charge is 0.294 e. The van der Waals surface area contributed by atoms with Crippen molar-refractivity contribution in [1.29, 1.82) is 0 Å². The Labute approximate surface area is 104 Å². The molecule has 2 rings (SSSR count). The molecule has 0 saturated heterocycles. The SMILES string of the molecule is O=C(Cc1cccs1)c1csc(I)c1. The second-order valence-electron chi connectivity index (χ2n) is 2.82. The summed E-state index contributed by atoms with van der Waals surface area (Å²) in [6.07, 6.45) is 0.532. The Morgan fingerprint density at radius 1 is 1.43 bits per heavy atom. The summed E-state index contributed by atoms with van der Waals surface area (Å²) < 4.78 is 1.16. The topological polar surface area (TPSA) is 17.1 Å². The molecule has 0 fully saturated rings. The maximum absolute atomic E-state index is 11.7. The molecule has 72 valence electrons. The van der Waals surface area contributed by atoms with Gasteiger partial charge in [0.1, 0.15) is 0 Å². The van der Waals surface area contributed by atoms with E-state index in [1.54, 1.807) is 22.7 Å². The number of Topliss-reactive ketones (excluding diaryl/α,β-unsaturated/α-hetero) is 1. The van der Waals surface area contributed by atoms with E-state index in [0.29, 0.717) is 6.42 Å². The standard InChI is InChI=1S/C10H7IOS2/c11-10-4-7(6-14-10)9(12)5-8-2-1-3-13-8/h1-4,6H,5H2. The molecule has 0 bridgehead atoms. The number of rotatable bonds is 3. The zero-order chi connectivity index (χ0) is 9.97. The lowest BCUT2D eigenvalue weighted by atomic mass is 10.1. The van der Waals surface area contributed by atoms with Gasteiger partial charge in [0, 0.05) is 22.2 Å². The Bertz CT molecular complexity index is 431. The van der Waals surface area contributed by atoms with Crippen molar-refractivity contribution in [3.63, 3.8) is 0 Å². The van der Waals surface area contributed by atoms with Gasteiger partial charge in [-0.15, -0.1) is 22.7 Å². The van der Waals surface area contributed by atoms with E-state index in [4.69, 9.17) is 0 Å². The minimum Gasteiger partial charge on any atom is -0.294 e. The van der Waals surface area contributed by atoms with Crippen LogP contribution in [0.1, 0.15) is 15.2 Å². The molecule has 2 aromatic heterocycles. The van der Waals surface area contributed by atoms with Gasteiger partial charge in [0.25, 0.3) is 0 Å². The lowest BCUT2D eigenvalue weighted by molar-refractivity contribution is 0.0994. The Morgan fingerprint density at radius 2 is 2.29 bits per heavy atom. The summed E-state index contributed by atoms with van der Waals surface area (Å²) in [5.41, 5.74) is 0.841. The molecule has 2 heterocycles. The zero-order valence-corrected chi connectivity index (χ0v) is 11.0. The van der Waals surface area contributed by atoms with Gasteiger partial charge in [-0.2, -0.15) is 0 Å². The molecule has 0 amide bonds. The van der Waals surface area contributed by atoms with Crippen LogP contribution < -0.4 is 0 Å². The maximum Gasteiger partial charge on any atom is 0.168 e. The van der Waals surface area contributed by atoms with Gasteiger partial charge < -0.3 is 0 Å². The number of ketones is 1. The molecule has 0 atom stereocenters. The molecule has 0 unspecified atom stereocenters. The first-order valence-electron chi connectivity index (χ1n) is 4.05. The van der Waals surface area contributed by atoms with Crippen LogP contribution >= 0.6 is 45.3 Å². The van der Waals surface area contributed by atoms with Crippen molar-refractivity contribution in [2.45, 2.75) is 6.42 Å². The van der Waals surface area contributed by atoms with Crippen molar-refractivity contribution in [2.75, 3.05) is 0 Å². The Morgan fingerprint density at radius 3 is 2.86 bits per heavy atom. The Balaban J connectivity index is 2.10. The highest BCUT2D eigenvalue weighted by Gasteiger charge is 2.09. The van der Waals surface area contributed by atoms with Crippen LogP contribution in [0.25, 0.3) is 0 Å². The van der Waals surface area contributed by atoms with E-state index >= 15 is 0 Å². The van der Waals surface area contributed by atoms with E-state index in [1.807, 2.05) is 29.0 Å². The molecule has 14 heavy (non-hydrogen) atoms. The normalized spacial score (nSPS) is 10.4. The number of thiophene rings is 2. The van der Waals surface area contributed by atoms with Crippen LogP contribution in [-0.2, 0) is 6.42 Å². The van der Waals surface area contributed by atoms with E-state index in [-0.39, 0.29) is 5.78 Å². The summed E-state index contributed by atoms with van der Waals surface area (Å²) in [7, 11) is 0. The molecule has 0 aliphatic rings. The van der Waals surface area contributed by atoms with Crippen LogP contribution in [0.5, 0.6) is 0 Å². The van der Waals surface area contributed by atoms with Gasteiger partial charge in [-0.25, -0.2) is 0 Å². The molecule has 0 radical (unpaired) electrons. The molecule has 0 spiro atoms. The molecule has 0 saturated carbocycles. The monoisotopic (exact) mass is 334 g/mol. The van der Waals surface area contributed by atoms with Crippen LogP contribution in [-0.4, -0.2) is 5.78 Å². The van der Waals surface area contributed by atoms with Crippen molar-refractivity contribution in [3.8, 4) is 0 Å². The molecule has 0 aromatic carbocycles. The minimum absolute atomic E-state index is 0.214. The number of carbonyl (C=O) groups excluding carboxylic acids is 1. The summed E-state index contributed by atoms with van der Waals surface area (Å²) in [6, 6.07) is 5.92. The second-order valence-corrected chi connectivity index (χ2v) is 6.66. The molecule has 0 aliphatic carbocycles. The number of carbonyl (C=O) groups is 1. The highest BCUT2D eigenvalue weighted by Crippen LogP contribution is 2.19. The van der Waals surface area contributed by atoms with Crippen LogP contribution in [0.2, 0.25) is 0 Å². The molecule has 1 nitrogen and oxygen atoms in total. The van der Waals surface area contributed by atoms with E-state index in [9.17, 15) is 4.79 Å². The maximum atomic E-state index is 11.7. The molecule has 4 heteroatoms. The third kappa shape index (κ3) is 2.43. The Kier molecular flexibility index (Phi) is 3.35. The van der Waals surface area contributed by atoms with E-state index < -0.39 is 0 Å². The minimum atomic E-state index is 0.214. The van der Waals surface area contributed by atoms with Gasteiger partial charge in [-0.3, -0.25) is 4.79 Å². The molecule has 0 N–H and O–H groups in total. The van der Waals surface area contributed by atoms with Crippen molar-refractivity contribution < 1.29 is 4.79 Å². The lowest BCUT2D eigenvalue weighted by Crippen LogP contribution is -1.99. The smallest absolute Gasteiger partial charge is 0.168 e. The predicted octanol–water partition coefficient (Wildman–Crippen LogP) is 3.84. The Hall–Kier alpha value is -0.200. The van der Waals surface area contributed by atoms with Gasteiger partial charge >= 0.3 is 0 Å². The summed E-state index contributed by atoms with van der Waals surface area (Å²) >= 11 is 5.48. The van der Waals surface area contributed by atoms with Gasteiger partial charge in [-0.05, 0) is 40.1 Å². The quantitative estimate of drug-likeness (QED) is 0.616. The third-order valence-corrected chi connectivity index (χ3v) is 4.47. The van der Waals surface area contributed by atoms with Crippen LogP contribution in [0, 0.1) is 2.88 Å². The third-order valence-electron chi connectivity index (χ3n) is 1.80. The fraction of sp³-hybridized carbons (Fsp3) is 0.100. The van der Waals surface area contributed by atoms with Crippen LogP contribution in [0.4, 0.5) is 0 Å². The van der Waals surface area contributed by atoms with Crippen LogP contribution in [0.3, 0.4) is 0 Å². The summed E-state index contributed by atoms with van der Waals surface area (Å²) in [4.78, 5) is 12.9. The number of halogens is 1. The highest BCUT2D eigenvalue weighted by molar-refractivity contribution is 14.1. The fourth-order valence-corrected chi connectivity index (χ4v) is 3.18. The van der Waals surface area contributed by atoms with Crippen molar-refractivity contribution in [1.82, 2.24) is 0 Å². The van der Waals surface area contributed by atoms with Gasteiger partial charge in [0.15, 0.2) is 5.78 Å². The van der Waals surface area contributed by atoms with E-state index in [0.717, 1.165) is 13.3 Å². The summed E-state index contributed by atoms with van der Waals surface area (Å²) in [6.45, 7) is 0. The average Bonchev–Trinajstić information content (AvgIpc) is 2.75. The predicted molar refractivity (Wildman–Crippen MR) is 69.4 cm³/mol. The molecule has 2 aromatic rings. The first-order chi connectivity index (χ1) is 6.75. The average molecular weight is 334 g/mol. The van der Waals surface area contributed by atoms with Crippen molar-refractivity contribution in [2.24, 2.45) is 0 Å². The zero-order valence-electron chi connectivity index (χ0n) is 7.20. The molecular formula is C10H7IOS2. The van der Waals surface area contributed by atoms with Crippen molar-refractivity contribution in [3.05, 3.63) is 42.3 Å². The van der Waals surface area contributed by atoms with E-state index in [2.05, 4.69) is 22.6 Å².